The van der Waals surface area contributed by atoms with Crippen LogP contribution in [0.15, 0.2) is 18.3 Å². The minimum absolute atomic E-state index is 0.164. The zero-order valence-corrected chi connectivity index (χ0v) is 5.78. The molecule has 0 unspecified atom stereocenters. The van der Waals surface area contributed by atoms with Crippen LogP contribution in [0.1, 0.15) is 18.7 Å². The van der Waals surface area contributed by atoms with Crippen molar-refractivity contribution in [2.75, 3.05) is 0 Å². The van der Waals surface area contributed by atoms with E-state index >= 15 is 0 Å². The minimum atomic E-state index is -0.207. The van der Waals surface area contributed by atoms with E-state index in [1.165, 1.54) is 0 Å². The van der Waals surface area contributed by atoms with Gasteiger partial charge >= 0.3 is 0 Å². The summed E-state index contributed by atoms with van der Waals surface area (Å²) in [5.41, 5.74) is 6.04. The minimum Gasteiger partial charge on any atom is -0.506 e. The summed E-state index contributed by atoms with van der Waals surface area (Å²) in [5.74, 6) is 0.164. The van der Waals surface area contributed by atoms with Crippen molar-refractivity contribution in [1.82, 2.24) is 4.98 Å². The second-order valence-corrected chi connectivity index (χ2v) is 2.20. The summed E-state index contributed by atoms with van der Waals surface area (Å²) in [7, 11) is 0. The molecule has 1 atom stereocenters. The first-order valence-corrected chi connectivity index (χ1v) is 3.11. The molecule has 0 fully saturated rings. The van der Waals surface area contributed by atoms with Crippen LogP contribution in [-0.2, 0) is 0 Å². The van der Waals surface area contributed by atoms with Crippen molar-refractivity contribution in [1.29, 1.82) is 0 Å². The Balaban J connectivity index is 3.03. The Morgan fingerprint density at radius 3 is 2.80 bits per heavy atom. The molecular weight excluding hydrogens is 128 g/mol. The van der Waals surface area contributed by atoms with Gasteiger partial charge in [0.25, 0.3) is 0 Å². The Morgan fingerprint density at radius 2 is 2.40 bits per heavy atom. The molecular formula is C7H10N2O. The molecule has 0 amide bonds. The zero-order valence-electron chi connectivity index (χ0n) is 5.78. The van der Waals surface area contributed by atoms with Gasteiger partial charge in [-0.05, 0) is 19.1 Å². The predicted molar refractivity (Wildman–Crippen MR) is 38.5 cm³/mol. The van der Waals surface area contributed by atoms with Crippen molar-refractivity contribution in [2.24, 2.45) is 5.73 Å². The molecule has 0 aliphatic heterocycles. The third kappa shape index (κ3) is 1.25. The van der Waals surface area contributed by atoms with Gasteiger partial charge in [0, 0.05) is 12.2 Å². The van der Waals surface area contributed by atoms with Crippen molar-refractivity contribution < 1.29 is 5.11 Å². The second kappa shape index (κ2) is 2.66. The van der Waals surface area contributed by atoms with Crippen LogP contribution in [0.25, 0.3) is 0 Å². The highest BCUT2D eigenvalue weighted by molar-refractivity contribution is 5.26. The van der Waals surface area contributed by atoms with E-state index in [1.54, 1.807) is 25.3 Å². The third-order valence-electron chi connectivity index (χ3n) is 1.25. The fourth-order valence-electron chi connectivity index (χ4n) is 0.760. The molecule has 0 bridgehead atoms. The standard InChI is InChI=1S/C7H10N2O/c1-5(8)7-6(10)3-2-4-9-7/h2-5,10H,8H2,1H3/t5-/m1/s1. The average molecular weight is 138 g/mol. The molecule has 1 rings (SSSR count). The fraction of sp³-hybridized carbons (Fsp3) is 0.286. The first-order chi connectivity index (χ1) is 4.72. The van der Waals surface area contributed by atoms with Gasteiger partial charge in [0.2, 0.25) is 0 Å². The predicted octanol–water partition coefficient (Wildman–Crippen LogP) is 0.807. The average Bonchev–Trinajstić information content (AvgIpc) is 1.88. The maximum atomic E-state index is 9.14. The van der Waals surface area contributed by atoms with Gasteiger partial charge in [0.05, 0.1) is 5.69 Å². The van der Waals surface area contributed by atoms with E-state index in [1.807, 2.05) is 0 Å². The number of aromatic nitrogens is 1. The SMILES string of the molecule is C[C@@H](N)c1ncccc1O. The van der Waals surface area contributed by atoms with Gasteiger partial charge in [-0.15, -0.1) is 0 Å². The summed E-state index contributed by atoms with van der Waals surface area (Å²) in [6.07, 6.45) is 1.61. The van der Waals surface area contributed by atoms with Crippen LogP contribution in [0, 0.1) is 0 Å². The van der Waals surface area contributed by atoms with Gasteiger partial charge in [-0.1, -0.05) is 0 Å². The fourth-order valence-corrected chi connectivity index (χ4v) is 0.760. The van der Waals surface area contributed by atoms with Crippen LogP contribution < -0.4 is 5.73 Å². The van der Waals surface area contributed by atoms with Gasteiger partial charge in [-0.3, -0.25) is 4.98 Å². The molecule has 10 heavy (non-hydrogen) atoms. The molecule has 1 aromatic rings. The quantitative estimate of drug-likeness (QED) is 0.603. The van der Waals surface area contributed by atoms with E-state index in [-0.39, 0.29) is 11.8 Å². The van der Waals surface area contributed by atoms with Gasteiger partial charge in [0.15, 0.2) is 0 Å². The van der Waals surface area contributed by atoms with Gasteiger partial charge in [0.1, 0.15) is 5.75 Å². The van der Waals surface area contributed by atoms with Crippen LogP contribution >= 0.6 is 0 Å². The summed E-state index contributed by atoms with van der Waals surface area (Å²) in [6.45, 7) is 1.78. The highest BCUT2D eigenvalue weighted by Crippen LogP contribution is 2.17. The smallest absolute Gasteiger partial charge is 0.138 e. The molecule has 0 aliphatic rings. The lowest BCUT2D eigenvalue weighted by Crippen LogP contribution is -2.06. The highest BCUT2D eigenvalue weighted by atomic mass is 16.3. The van der Waals surface area contributed by atoms with Gasteiger partial charge < -0.3 is 10.8 Å². The van der Waals surface area contributed by atoms with Crippen LogP contribution in [0.2, 0.25) is 0 Å². The Labute approximate surface area is 59.5 Å². The van der Waals surface area contributed by atoms with E-state index in [2.05, 4.69) is 4.98 Å². The Morgan fingerprint density at radius 1 is 1.70 bits per heavy atom. The highest BCUT2D eigenvalue weighted by Gasteiger charge is 2.04. The number of pyridine rings is 1. The lowest BCUT2D eigenvalue weighted by Gasteiger charge is -2.04. The lowest BCUT2D eigenvalue weighted by atomic mass is 10.2. The van der Waals surface area contributed by atoms with Gasteiger partial charge in [-0.25, -0.2) is 0 Å². The van der Waals surface area contributed by atoms with Crippen LogP contribution in [0.5, 0.6) is 5.75 Å². The largest absolute Gasteiger partial charge is 0.506 e. The number of aromatic hydroxyl groups is 1. The molecule has 0 saturated carbocycles. The summed E-state index contributed by atoms with van der Waals surface area (Å²) in [5, 5.41) is 9.14. The topological polar surface area (TPSA) is 59.1 Å². The summed E-state index contributed by atoms with van der Waals surface area (Å²) < 4.78 is 0. The maximum absolute atomic E-state index is 9.14. The maximum Gasteiger partial charge on any atom is 0.138 e. The molecule has 0 spiro atoms. The van der Waals surface area contributed by atoms with Crippen molar-refractivity contribution in [3.8, 4) is 5.75 Å². The summed E-state index contributed by atoms with van der Waals surface area (Å²) >= 11 is 0. The number of nitrogens with zero attached hydrogens (tertiary/aromatic N) is 1. The molecule has 3 N–H and O–H groups in total. The van der Waals surface area contributed by atoms with Crippen LogP contribution in [-0.4, -0.2) is 10.1 Å². The lowest BCUT2D eigenvalue weighted by molar-refractivity contribution is 0.458. The van der Waals surface area contributed by atoms with Crippen molar-refractivity contribution in [3.05, 3.63) is 24.0 Å². The van der Waals surface area contributed by atoms with E-state index in [9.17, 15) is 0 Å². The molecule has 1 aromatic heterocycles. The van der Waals surface area contributed by atoms with E-state index < -0.39 is 0 Å². The molecule has 0 aliphatic carbocycles. The van der Waals surface area contributed by atoms with E-state index in [4.69, 9.17) is 10.8 Å². The van der Waals surface area contributed by atoms with Crippen LogP contribution in [0.4, 0.5) is 0 Å². The summed E-state index contributed by atoms with van der Waals surface area (Å²) in [4.78, 5) is 3.90. The van der Waals surface area contributed by atoms with Crippen molar-refractivity contribution >= 4 is 0 Å². The Bertz CT molecular complexity index is 223. The third-order valence-corrected chi connectivity index (χ3v) is 1.25. The van der Waals surface area contributed by atoms with Gasteiger partial charge in [-0.2, -0.15) is 0 Å². The Hall–Kier alpha value is -1.09. The summed E-state index contributed by atoms with van der Waals surface area (Å²) in [6, 6.07) is 3.04. The first-order valence-electron chi connectivity index (χ1n) is 3.11. The molecule has 0 aromatic carbocycles. The molecule has 0 radical (unpaired) electrons. The number of hydrogen-bond donors (Lipinski definition) is 2. The van der Waals surface area contributed by atoms with E-state index in [0.717, 1.165) is 0 Å². The van der Waals surface area contributed by atoms with Crippen molar-refractivity contribution in [3.63, 3.8) is 0 Å². The number of hydrogen-bond acceptors (Lipinski definition) is 3. The second-order valence-electron chi connectivity index (χ2n) is 2.20. The Kier molecular flexibility index (Phi) is 1.87. The van der Waals surface area contributed by atoms with Crippen LogP contribution in [0.3, 0.4) is 0 Å². The molecule has 3 heteroatoms. The number of rotatable bonds is 1. The first kappa shape index (κ1) is 7.02. The normalized spacial score (nSPS) is 13.0. The van der Waals surface area contributed by atoms with E-state index in [0.29, 0.717) is 5.69 Å². The molecule has 3 nitrogen and oxygen atoms in total. The molecule has 1 heterocycles. The zero-order chi connectivity index (χ0) is 7.56. The molecule has 0 saturated heterocycles. The number of nitrogens with two attached hydrogens (primary N) is 1. The monoisotopic (exact) mass is 138 g/mol. The van der Waals surface area contributed by atoms with Crippen molar-refractivity contribution in [2.45, 2.75) is 13.0 Å². The molecule has 54 valence electrons.